The number of fused-ring (bicyclic) bond motifs is 1. The third kappa shape index (κ3) is 3.72. The lowest BCUT2D eigenvalue weighted by molar-refractivity contribution is -0.384. The van der Waals surface area contributed by atoms with E-state index in [1.807, 2.05) is 18.2 Å². The van der Waals surface area contributed by atoms with Crippen molar-refractivity contribution in [3.05, 3.63) is 58.1 Å². The molecule has 1 aliphatic rings. The summed E-state index contributed by atoms with van der Waals surface area (Å²) in [6, 6.07) is 11.0. The molecule has 2 N–H and O–H groups in total. The SMILES string of the molecule is O=C(NCCc1ccc2c(c1)OCO2)Nc1cccc([N+](=O)[O-])c1. The fourth-order valence-corrected chi connectivity index (χ4v) is 2.29. The smallest absolute Gasteiger partial charge is 0.319 e. The van der Waals surface area contributed by atoms with Gasteiger partial charge in [0.25, 0.3) is 5.69 Å². The first-order chi connectivity index (χ1) is 11.6. The number of hydrogen-bond donors (Lipinski definition) is 2. The molecule has 0 radical (unpaired) electrons. The molecule has 0 saturated carbocycles. The maximum Gasteiger partial charge on any atom is 0.319 e. The van der Waals surface area contributed by atoms with Crippen LogP contribution < -0.4 is 20.1 Å². The summed E-state index contributed by atoms with van der Waals surface area (Å²) in [5, 5.41) is 16.0. The molecule has 1 aliphatic heterocycles. The number of carbonyl (C=O) groups is 1. The number of nitrogens with zero attached hydrogens (tertiary/aromatic N) is 1. The lowest BCUT2D eigenvalue weighted by Gasteiger charge is -2.08. The number of non-ortho nitro benzene ring substituents is 1. The number of carbonyl (C=O) groups excluding carboxylic acids is 1. The first-order valence-electron chi connectivity index (χ1n) is 7.29. The second-order valence-electron chi connectivity index (χ2n) is 5.13. The average molecular weight is 329 g/mol. The van der Waals surface area contributed by atoms with Crippen LogP contribution in [0.4, 0.5) is 16.2 Å². The molecular formula is C16H15N3O5. The maximum absolute atomic E-state index is 11.8. The molecule has 0 spiro atoms. The van der Waals surface area contributed by atoms with Crippen molar-refractivity contribution < 1.29 is 19.2 Å². The van der Waals surface area contributed by atoms with Crippen LogP contribution in [0.15, 0.2) is 42.5 Å². The van der Waals surface area contributed by atoms with Crippen LogP contribution in [0.2, 0.25) is 0 Å². The van der Waals surface area contributed by atoms with Gasteiger partial charge >= 0.3 is 6.03 Å². The summed E-state index contributed by atoms with van der Waals surface area (Å²) in [6.45, 7) is 0.642. The molecular weight excluding hydrogens is 314 g/mol. The Labute approximate surface area is 137 Å². The predicted octanol–water partition coefficient (Wildman–Crippen LogP) is 2.69. The predicted molar refractivity (Wildman–Crippen MR) is 86.4 cm³/mol. The van der Waals surface area contributed by atoms with Gasteiger partial charge in [-0.05, 0) is 30.2 Å². The highest BCUT2D eigenvalue weighted by Crippen LogP contribution is 2.32. The number of urea groups is 1. The molecule has 0 unspecified atom stereocenters. The standard InChI is InChI=1S/C16H15N3O5/c20-16(18-12-2-1-3-13(9-12)19(21)22)17-7-6-11-4-5-14-15(8-11)24-10-23-14/h1-5,8-9H,6-7,10H2,(H2,17,18,20). The number of nitrogens with one attached hydrogen (secondary N) is 2. The third-order valence-electron chi connectivity index (χ3n) is 3.45. The van der Waals surface area contributed by atoms with E-state index in [9.17, 15) is 14.9 Å². The highest BCUT2D eigenvalue weighted by Gasteiger charge is 2.13. The summed E-state index contributed by atoms with van der Waals surface area (Å²) >= 11 is 0. The molecule has 2 amide bonds. The summed E-state index contributed by atoms with van der Waals surface area (Å²) < 4.78 is 10.5. The molecule has 2 aromatic carbocycles. The summed E-state index contributed by atoms with van der Waals surface area (Å²) in [6.07, 6.45) is 0.624. The normalized spacial score (nSPS) is 11.8. The van der Waals surface area contributed by atoms with Crippen molar-refractivity contribution in [2.75, 3.05) is 18.7 Å². The fourth-order valence-electron chi connectivity index (χ4n) is 2.29. The zero-order valence-electron chi connectivity index (χ0n) is 12.7. The Balaban J connectivity index is 1.49. The minimum Gasteiger partial charge on any atom is -0.454 e. The van der Waals surface area contributed by atoms with Crippen molar-refractivity contribution in [2.45, 2.75) is 6.42 Å². The minimum absolute atomic E-state index is 0.0758. The molecule has 8 heteroatoms. The number of anilines is 1. The van der Waals surface area contributed by atoms with Crippen LogP contribution >= 0.6 is 0 Å². The van der Waals surface area contributed by atoms with E-state index in [0.29, 0.717) is 24.4 Å². The van der Waals surface area contributed by atoms with E-state index in [1.54, 1.807) is 6.07 Å². The fraction of sp³-hybridized carbons (Fsp3) is 0.188. The number of rotatable bonds is 5. The van der Waals surface area contributed by atoms with Crippen molar-refractivity contribution in [3.8, 4) is 11.5 Å². The van der Waals surface area contributed by atoms with Crippen LogP contribution in [0.5, 0.6) is 11.5 Å². The van der Waals surface area contributed by atoms with Crippen molar-refractivity contribution in [1.29, 1.82) is 0 Å². The number of nitro benzene ring substituents is 1. The zero-order valence-corrected chi connectivity index (χ0v) is 12.7. The Morgan fingerprint density at radius 3 is 2.83 bits per heavy atom. The Kier molecular flexibility index (Phi) is 4.46. The molecule has 124 valence electrons. The van der Waals surface area contributed by atoms with E-state index >= 15 is 0 Å². The molecule has 0 atom stereocenters. The Morgan fingerprint density at radius 1 is 1.17 bits per heavy atom. The Bertz CT molecular complexity index is 778. The molecule has 2 aromatic rings. The van der Waals surface area contributed by atoms with E-state index in [-0.39, 0.29) is 12.5 Å². The van der Waals surface area contributed by atoms with Gasteiger partial charge in [0.05, 0.1) is 4.92 Å². The summed E-state index contributed by atoms with van der Waals surface area (Å²) in [5.41, 5.74) is 1.30. The average Bonchev–Trinajstić information content (AvgIpc) is 3.02. The number of amides is 2. The van der Waals surface area contributed by atoms with E-state index < -0.39 is 11.0 Å². The van der Waals surface area contributed by atoms with Crippen LogP contribution in [0.3, 0.4) is 0 Å². The van der Waals surface area contributed by atoms with E-state index in [0.717, 1.165) is 11.3 Å². The van der Waals surface area contributed by atoms with Crippen LogP contribution in [-0.2, 0) is 6.42 Å². The highest BCUT2D eigenvalue weighted by molar-refractivity contribution is 5.89. The summed E-state index contributed by atoms with van der Waals surface area (Å²) in [5.74, 6) is 1.42. The second kappa shape index (κ2) is 6.86. The molecule has 8 nitrogen and oxygen atoms in total. The monoisotopic (exact) mass is 329 g/mol. The molecule has 1 heterocycles. The number of hydrogen-bond acceptors (Lipinski definition) is 5. The van der Waals surface area contributed by atoms with Gasteiger partial charge < -0.3 is 20.1 Å². The van der Waals surface area contributed by atoms with E-state index in [2.05, 4.69) is 10.6 Å². The first kappa shape index (κ1) is 15.6. The molecule has 0 aliphatic carbocycles. The van der Waals surface area contributed by atoms with Crippen molar-refractivity contribution >= 4 is 17.4 Å². The lowest BCUT2D eigenvalue weighted by Crippen LogP contribution is -2.30. The van der Waals surface area contributed by atoms with Gasteiger partial charge in [0.15, 0.2) is 11.5 Å². The highest BCUT2D eigenvalue weighted by atomic mass is 16.7. The molecule has 0 bridgehead atoms. The largest absolute Gasteiger partial charge is 0.454 e. The van der Waals surface area contributed by atoms with Crippen LogP contribution in [-0.4, -0.2) is 24.3 Å². The quantitative estimate of drug-likeness (QED) is 0.648. The Morgan fingerprint density at radius 2 is 2.00 bits per heavy atom. The second-order valence-corrected chi connectivity index (χ2v) is 5.13. The summed E-state index contributed by atoms with van der Waals surface area (Å²) in [7, 11) is 0. The number of nitro groups is 1. The molecule has 24 heavy (non-hydrogen) atoms. The maximum atomic E-state index is 11.8. The van der Waals surface area contributed by atoms with Gasteiger partial charge in [-0.1, -0.05) is 12.1 Å². The van der Waals surface area contributed by atoms with Gasteiger partial charge in [-0.25, -0.2) is 4.79 Å². The number of benzene rings is 2. The summed E-state index contributed by atoms with van der Waals surface area (Å²) in [4.78, 5) is 22.0. The van der Waals surface area contributed by atoms with Crippen LogP contribution in [0, 0.1) is 10.1 Å². The van der Waals surface area contributed by atoms with Gasteiger partial charge in [0.2, 0.25) is 6.79 Å². The van der Waals surface area contributed by atoms with Crippen LogP contribution in [0.25, 0.3) is 0 Å². The minimum atomic E-state index is -0.511. The van der Waals surface area contributed by atoms with Crippen molar-refractivity contribution in [3.63, 3.8) is 0 Å². The first-order valence-corrected chi connectivity index (χ1v) is 7.29. The topological polar surface area (TPSA) is 103 Å². The molecule has 0 fully saturated rings. The zero-order chi connectivity index (χ0) is 16.9. The lowest BCUT2D eigenvalue weighted by atomic mass is 10.1. The van der Waals surface area contributed by atoms with Gasteiger partial charge in [-0.2, -0.15) is 0 Å². The van der Waals surface area contributed by atoms with Gasteiger partial charge in [0, 0.05) is 24.4 Å². The van der Waals surface area contributed by atoms with Crippen molar-refractivity contribution in [2.24, 2.45) is 0 Å². The number of ether oxygens (including phenoxy) is 2. The third-order valence-corrected chi connectivity index (χ3v) is 3.45. The molecule has 0 saturated heterocycles. The van der Waals surface area contributed by atoms with Crippen molar-refractivity contribution in [1.82, 2.24) is 5.32 Å². The van der Waals surface area contributed by atoms with E-state index in [1.165, 1.54) is 18.2 Å². The Hall–Kier alpha value is -3.29. The van der Waals surface area contributed by atoms with Gasteiger partial charge in [-0.3, -0.25) is 10.1 Å². The molecule has 0 aromatic heterocycles. The van der Waals surface area contributed by atoms with E-state index in [4.69, 9.17) is 9.47 Å². The molecule has 3 rings (SSSR count). The van der Waals surface area contributed by atoms with Crippen LogP contribution in [0.1, 0.15) is 5.56 Å². The van der Waals surface area contributed by atoms with Gasteiger partial charge in [0.1, 0.15) is 0 Å². The van der Waals surface area contributed by atoms with Gasteiger partial charge in [-0.15, -0.1) is 0 Å².